The molecule has 1 aliphatic heterocycles. The van der Waals surface area contributed by atoms with E-state index < -0.39 is 36.6 Å². The molecule has 96 valence electrons. The Labute approximate surface area is 97.4 Å². The highest BCUT2D eigenvalue weighted by Crippen LogP contribution is 2.18. The summed E-state index contributed by atoms with van der Waals surface area (Å²) in [5, 5.41) is 19.9. The van der Waals surface area contributed by atoms with Crippen molar-refractivity contribution in [2.45, 2.75) is 24.9 Å². The molecule has 17 heavy (non-hydrogen) atoms. The van der Waals surface area contributed by atoms with Crippen molar-refractivity contribution in [3.63, 3.8) is 0 Å². The highest BCUT2D eigenvalue weighted by Gasteiger charge is 2.37. The first kappa shape index (κ1) is 13.2. The van der Waals surface area contributed by atoms with Gasteiger partial charge in [-0.25, -0.2) is 9.59 Å². The van der Waals surface area contributed by atoms with E-state index in [0.29, 0.717) is 19.4 Å². The predicted molar refractivity (Wildman–Crippen MR) is 56.0 cm³/mol. The van der Waals surface area contributed by atoms with Crippen molar-refractivity contribution in [2.75, 3.05) is 13.2 Å². The molecule has 1 fully saturated rings. The second kappa shape index (κ2) is 5.48. The summed E-state index contributed by atoms with van der Waals surface area (Å²) >= 11 is 0. The maximum absolute atomic E-state index is 11.9. The third kappa shape index (κ3) is 3.06. The van der Waals surface area contributed by atoms with Crippen LogP contribution in [0.2, 0.25) is 0 Å². The molecule has 3 amide bonds. The Hall–Kier alpha value is -1.83. The number of aliphatic hydroxyl groups excluding tert-OH is 1. The third-order valence-corrected chi connectivity index (χ3v) is 2.62. The molecule has 5 N–H and O–H groups in total. The van der Waals surface area contributed by atoms with E-state index in [1.165, 1.54) is 0 Å². The molecule has 8 heteroatoms. The number of carbonyl (C=O) groups is 3. The SMILES string of the molecule is NC(=O)N[C@@H](CO)C(=O)N1CCC[C@H]1C(=O)O. The Morgan fingerprint density at radius 2 is 2.12 bits per heavy atom. The zero-order valence-electron chi connectivity index (χ0n) is 9.13. The second-order valence-electron chi connectivity index (χ2n) is 3.77. The lowest BCUT2D eigenvalue weighted by atomic mass is 10.2. The Bertz CT molecular complexity index is 333. The third-order valence-electron chi connectivity index (χ3n) is 2.62. The van der Waals surface area contributed by atoms with Crippen LogP contribution in [0.3, 0.4) is 0 Å². The van der Waals surface area contributed by atoms with Crippen molar-refractivity contribution >= 4 is 17.9 Å². The van der Waals surface area contributed by atoms with Crippen molar-refractivity contribution in [2.24, 2.45) is 5.73 Å². The quantitative estimate of drug-likeness (QED) is 0.458. The number of aliphatic carboxylic acids is 1. The van der Waals surface area contributed by atoms with Crippen molar-refractivity contribution in [3.8, 4) is 0 Å². The van der Waals surface area contributed by atoms with E-state index in [2.05, 4.69) is 5.32 Å². The first-order valence-electron chi connectivity index (χ1n) is 5.17. The normalized spacial score (nSPS) is 21.0. The van der Waals surface area contributed by atoms with Gasteiger partial charge in [0, 0.05) is 6.54 Å². The van der Waals surface area contributed by atoms with Gasteiger partial charge in [0.25, 0.3) is 0 Å². The highest BCUT2D eigenvalue weighted by molar-refractivity contribution is 5.90. The number of hydrogen-bond acceptors (Lipinski definition) is 4. The molecule has 0 aromatic heterocycles. The minimum Gasteiger partial charge on any atom is -0.480 e. The van der Waals surface area contributed by atoms with E-state index in [4.69, 9.17) is 15.9 Å². The molecular formula is C9H15N3O5. The molecule has 1 saturated heterocycles. The lowest BCUT2D eigenvalue weighted by Crippen LogP contribution is -2.54. The fourth-order valence-electron chi connectivity index (χ4n) is 1.84. The molecule has 0 radical (unpaired) electrons. The van der Waals surface area contributed by atoms with Gasteiger partial charge < -0.3 is 26.2 Å². The number of nitrogens with zero attached hydrogens (tertiary/aromatic N) is 1. The minimum atomic E-state index is -1.19. The summed E-state index contributed by atoms with van der Waals surface area (Å²) < 4.78 is 0. The van der Waals surface area contributed by atoms with Crippen molar-refractivity contribution in [1.29, 1.82) is 0 Å². The van der Waals surface area contributed by atoms with Crippen LogP contribution in [0.15, 0.2) is 0 Å². The van der Waals surface area contributed by atoms with Gasteiger partial charge >= 0.3 is 12.0 Å². The standard InChI is InChI=1S/C9H15N3O5/c10-9(17)11-5(4-13)7(14)12-3-1-2-6(12)8(15)16/h5-6,13H,1-4H2,(H,15,16)(H3,10,11,17)/t5-,6-/m0/s1. The lowest BCUT2D eigenvalue weighted by molar-refractivity contribution is -0.149. The second-order valence-corrected chi connectivity index (χ2v) is 3.77. The summed E-state index contributed by atoms with van der Waals surface area (Å²) in [6.45, 7) is -0.322. The van der Waals surface area contributed by atoms with E-state index in [0.717, 1.165) is 4.90 Å². The van der Waals surface area contributed by atoms with Gasteiger partial charge in [0.05, 0.1) is 6.61 Å². The van der Waals surface area contributed by atoms with Crippen molar-refractivity contribution in [1.82, 2.24) is 10.2 Å². The number of nitrogens with two attached hydrogens (primary N) is 1. The summed E-state index contributed by atoms with van der Waals surface area (Å²) in [5.41, 5.74) is 4.85. The van der Waals surface area contributed by atoms with Gasteiger partial charge in [-0.2, -0.15) is 0 Å². The van der Waals surface area contributed by atoms with E-state index in [-0.39, 0.29) is 0 Å². The number of amides is 3. The molecule has 0 aromatic carbocycles. The average Bonchev–Trinajstić information content (AvgIpc) is 2.73. The smallest absolute Gasteiger partial charge is 0.326 e. The number of aliphatic hydroxyl groups is 1. The molecule has 2 atom stereocenters. The van der Waals surface area contributed by atoms with Crippen LogP contribution in [0, 0.1) is 0 Å². The average molecular weight is 245 g/mol. The number of likely N-dealkylation sites (tertiary alicyclic amines) is 1. The van der Waals surface area contributed by atoms with Crippen LogP contribution in [0.1, 0.15) is 12.8 Å². The number of primary amides is 1. The molecule has 0 aromatic rings. The molecule has 0 bridgehead atoms. The Morgan fingerprint density at radius 3 is 2.59 bits per heavy atom. The zero-order valence-corrected chi connectivity index (χ0v) is 9.13. The number of hydrogen-bond donors (Lipinski definition) is 4. The van der Waals surface area contributed by atoms with Gasteiger partial charge in [-0.15, -0.1) is 0 Å². The maximum Gasteiger partial charge on any atom is 0.326 e. The summed E-state index contributed by atoms with van der Waals surface area (Å²) in [6, 6.07) is -3.03. The molecule has 1 aliphatic rings. The predicted octanol–water partition coefficient (Wildman–Crippen LogP) is -1.91. The van der Waals surface area contributed by atoms with E-state index >= 15 is 0 Å². The monoisotopic (exact) mass is 245 g/mol. The largest absolute Gasteiger partial charge is 0.480 e. The molecule has 1 rings (SSSR count). The van der Waals surface area contributed by atoms with Crippen LogP contribution in [0.4, 0.5) is 4.79 Å². The van der Waals surface area contributed by atoms with Gasteiger partial charge in [-0.05, 0) is 12.8 Å². The van der Waals surface area contributed by atoms with Crippen LogP contribution in [0.5, 0.6) is 0 Å². The number of urea groups is 1. The Balaban J connectivity index is 2.73. The topological polar surface area (TPSA) is 133 Å². The summed E-state index contributed by atoms with van der Waals surface area (Å²) in [7, 11) is 0. The van der Waals surface area contributed by atoms with Gasteiger partial charge in [0.15, 0.2) is 0 Å². The Kier molecular flexibility index (Phi) is 4.27. The number of carbonyl (C=O) groups excluding carboxylic acids is 2. The van der Waals surface area contributed by atoms with Crippen molar-refractivity contribution < 1.29 is 24.6 Å². The maximum atomic E-state index is 11.9. The summed E-state index contributed by atoms with van der Waals surface area (Å²) in [6.07, 6.45) is 0.952. The molecule has 8 nitrogen and oxygen atoms in total. The van der Waals surface area contributed by atoms with Gasteiger partial charge in [-0.3, -0.25) is 4.79 Å². The first-order chi connectivity index (χ1) is 7.97. The first-order valence-corrected chi connectivity index (χ1v) is 5.17. The van der Waals surface area contributed by atoms with E-state index in [9.17, 15) is 14.4 Å². The van der Waals surface area contributed by atoms with Crippen LogP contribution in [0.25, 0.3) is 0 Å². The number of carboxylic acid groups (broad SMARTS) is 1. The van der Waals surface area contributed by atoms with Gasteiger partial charge in [0.1, 0.15) is 12.1 Å². The highest BCUT2D eigenvalue weighted by atomic mass is 16.4. The van der Waals surface area contributed by atoms with Crippen LogP contribution >= 0.6 is 0 Å². The molecule has 0 saturated carbocycles. The molecule has 0 spiro atoms. The number of rotatable bonds is 4. The molecular weight excluding hydrogens is 230 g/mol. The number of nitrogens with one attached hydrogen (secondary N) is 1. The Morgan fingerprint density at radius 1 is 1.47 bits per heavy atom. The fraction of sp³-hybridized carbons (Fsp3) is 0.667. The van der Waals surface area contributed by atoms with Crippen LogP contribution in [-0.4, -0.2) is 58.3 Å². The molecule has 1 heterocycles. The van der Waals surface area contributed by atoms with E-state index in [1.54, 1.807) is 0 Å². The van der Waals surface area contributed by atoms with E-state index in [1.807, 2.05) is 0 Å². The van der Waals surface area contributed by atoms with Gasteiger partial charge in [-0.1, -0.05) is 0 Å². The lowest BCUT2D eigenvalue weighted by Gasteiger charge is -2.25. The fourth-order valence-corrected chi connectivity index (χ4v) is 1.84. The molecule has 0 unspecified atom stereocenters. The van der Waals surface area contributed by atoms with Crippen LogP contribution < -0.4 is 11.1 Å². The summed E-state index contributed by atoms with van der Waals surface area (Å²) in [5.74, 6) is -1.72. The van der Waals surface area contributed by atoms with Gasteiger partial charge in [0.2, 0.25) is 5.91 Å². The number of carboxylic acids is 1. The minimum absolute atomic E-state index is 0.298. The summed E-state index contributed by atoms with van der Waals surface area (Å²) in [4.78, 5) is 34.5. The molecule has 0 aliphatic carbocycles. The van der Waals surface area contributed by atoms with Crippen LogP contribution in [-0.2, 0) is 9.59 Å². The zero-order chi connectivity index (χ0) is 13.0. The van der Waals surface area contributed by atoms with Crippen molar-refractivity contribution in [3.05, 3.63) is 0 Å².